The first-order valence-corrected chi connectivity index (χ1v) is 4.27. The molecule has 0 N–H and O–H groups in total. The molecule has 0 radical (unpaired) electrons. The number of aromatic nitrogens is 1. The molecular weight excluding hydrogens is 197 g/mol. The molecular formula is C8H9Cl2NO. The van der Waals surface area contributed by atoms with Crippen LogP contribution in [0.1, 0.15) is 24.2 Å². The average molecular weight is 206 g/mol. The van der Waals surface area contributed by atoms with Crippen LogP contribution in [0.4, 0.5) is 0 Å². The molecule has 12 heavy (non-hydrogen) atoms. The van der Waals surface area contributed by atoms with Crippen LogP contribution in [0.25, 0.3) is 0 Å². The Morgan fingerprint density at radius 1 is 1.42 bits per heavy atom. The zero-order valence-electron chi connectivity index (χ0n) is 6.84. The Labute approximate surface area is 81.5 Å². The highest BCUT2D eigenvalue weighted by molar-refractivity contribution is 6.67. The van der Waals surface area contributed by atoms with Gasteiger partial charge in [-0.25, -0.2) is 4.98 Å². The highest BCUT2D eigenvalue weighted by Crippen LogP contribution is 2.06. The van der Waals surface area contributed by atoms with Crippen LogP contribution in [0.3, 0.4) is 0 Å². The molecule has 0 amide bonds. The molecule has 1 rings (SSSR count). The van der Waals surface area contributed by atoms with Crippen molar-refractivity contribution >= 4 is 28.4 Å². The van der Waals surface area contributed by atoms with Gasteiger partial charge in [0.05, 0.1) is 5.56 Å². The fourth-order valence-corrected chi connectivity index (χ4v) is 0.716. The molecule has 1 heterocycles. The van der Waals surface area contributed by atoms with Crippen molar-refractivity contribution in [2.24, 2.45) is 0 Å². The van der Waals surface area contributed by atoms with Crippen molar-refractivity contribution in [2.45, 2.75) is 13.8 Å². The van der Waals surface area contributed by atoms with E-state index in [9.17, 15) is 4.79 Å². The molecule has 0 saturated carbocycles. The molecule has 0 aliphatic carbocycles. The molecule has 0 spiro atoms. The van der Waals surface area contributed by atoms with Gasteiger partial charge < -0.3 is 0 Å². The Morgan fingerprint density at radius 3 is 2.33 bits per heavy atom. The minimum atomic E-state index is -0.524. The van der Waals surface area contributed by atoms with Crippen molar-refractivity contribution in [3.8, 4) is 0 Å². The van der Waals surface area contributed by atoms with E-state index in [2.05, 4.69) is 4.98 Å². The smallest absolute Gasteiger partial charge is 0.253 e. The van der Waals surface area contributed by atoms with Crippen LogP contribution in [0.15, 0.2) is 18.3 Å². The summed E-state index contributed by atoms with van der Waals surface area (Å²) < 4.78 is 0. The van der Waals surface area contributed by atoms with Gasteiger partial charge in [-0.1, -0.05) is 25.4 Å². The van der Waals surface area contributed by atoms with Crippen LogP contribution in [0, 0.1) is 0 Å². The van der Waals surface area contributed by atoms with E-state index >= 15 is 0 Å². The fourth-order valence-electron chi connectivity index (χ4n) is 0.492. The fraction of sp³-hybridized carbons (Fsp3) is 0.250. The van der Waals surface area contributed by atoms with Gasteiger partial charge >= 0.3 is 0 Å². The van der Waals surface area contributed by atoms with Crippen LogP contribution < -0.4 is 0 Å². The lowest BCUT2D eigenvalue weighted by Crippen LogP contribution is -1.88. The van der Waals surface area contributed by atoms with Crippen molar-refractivity contribution in [1.82, 2.24) is 4.98 Å². The van der Waals surface area contributed by atoms with Crippen molar-refractivity contribution in [1.29, 1.82) is 0 Å². The van der Waals surface area contributed by atoms with Gasteiger partial charge in [-0.3, -0.25) is 4.79 Å². The predicted octanol–water partition coefficient (Wildman–Crippen LogP) is 3.14. The first-order chi connectivity index (χ1) is 5.70. The molecule has 0 bridgehead atoms. The zero-order chi connectivity index (χ0) is 9.56. The molecule has 66 valence electrons. The lowest BCUT2D eigenvalue weighted by Gasteiger charge is -1.90. The lowest BCUT2D eigenvalue weighted by molar-refractivity contribution is 0.108. The summed E-state index contributed by atoms with van der Waals surface area (Å²) in [4.78, 5) is 14.1. The number of nitrogens with zero attached hydrogens (tertiary/aromatic N) is 1. The summed E-state index contributed by atoms with van der Waals surface area (Å²) in [5.74, 6) is 0. The second kappa shape index (κ2) is 5.98. The minimum Gasteiger partial charge on any atom is -0.276 e. The Hall–Kier alpha value is -0.600. The third-order valence-corrected chi connectivity index (χ3v) is 1.40. The van der Waals surface area contributed by atoms with Gasteiger partial charge in [-0.15, -0.1) is 0 Å². The van der Waals surface area contributed by atoms with E-state index in [1.807, 2.05) is 13.8 Å². The summed E-state index contributed by atoms with van der Waals surface area (Å²) in [6.45, 7) is 4.00. The molecule has 0 unspecified atom stereocenters. The highest BCUT2D eigenvalue weighted by Gasteiger charge is 1.99. The number of hydrogen-bond donors (Lipinski definition) is 0. The van der Waals surface area contributed by atoms with E-state index in [0.29, 0.717) is 10.7 Å². The number of hydrogen-bond acceptors (Lipinski definition) is 2. The normalized spacial score (nSPS) is 8.33. The van der Waals surface area contributed by atoms with Gasteiger partial charge in [0.15, 0.2) is 0 Å². The second-order valence-corrected chi connectivity index (χ2v) is 2.37. The molecule has 0 atom stereocenters. The molecule has 0 saturated heterocycles. The van der Waals surface area contributed by atoms with Gasteiger partial charge in [-0.05, 0) is 23.7 Å². The second-order valence-electron chi connectivity index (χ2n) is 1.64. The molecule has 0 fully saturated rings. The number of carbonyl (C=O) groups is 1. The first-order valence-electron chi connectivity index (χ1n) is 3.51. The molecule has 1 aromatic rings. The number of halogens is 2. The number of carbonyl (C=O) groups excluding carboxylic acids is 1. The SMILES string of the molecule is CC.O=C(Cl)c1ccc(Cl)nc1. The third-order valence-electron chi connectivity index (χ3n) is 0.954. The maximum atomic E-state index is 10.4. The van der Waals surface area contributed by atoms with Crippen LogP contribution in [-0.4, -0.2) is 10.2 Å². The molecule has 1 aromatic heterocycles. The van der Waals surface area contributed by atoms with Gasteiger partial charge in [-0.2, -0.15) is 0 Å². The van der Waals surface area contributed by atoms with Crippen LogP contribution in [0.2, 0.25) is 5.15 Å². The summed E-state index contributed by atoms with van der Waals surface area (Å²) in [7, 11) is 0. The maximum absolute atomic E-state index is 10.4. The van der Waals surface area contributed by atoms with E-state index < -0.39 is 5.24 Å². The van der Waals surface area contributed by atoms with Gasteiger partial charge in [0.1, 0.15) is 5.15 Å². The summed E-state index contributed by atoms with van der Waals surface area (Å²) in [5, 5.41) is -0.175. The van der Waals surface area contributed by atoms with Crippen molar-refractivity contribution < 1.29 is 4.79 Å². The van der Waals surface area contributed by atoms with E-state index in [4.69, 9.17) is 23.2 Å². The zero-order valence-corrected chi connectivity index (χ0v) is 8.36. The number of rotatable bonds is 1. The van der Waals surface area contributed by atoms with Crippen LogP contribution in [0.5, 0.6) is 0 Å². The van der Waals surface area contributed by atoms with E-state index in [0.717, 1.165) is 0 Å². The molecule has 4 heteroatoms. The van der Waals surface area contributed by atoms with Crippen molar-refractivity contribution in [3.63, 3.8) is 0 Å². The first kappa shape index (κ1) is 11.4. The van der Waals surface area contributed by atoms with Gasteiger partial charge in [0.2, 0.25) is 0 Å². The highest BCUT2D eigenvalue weighted by atomic mass is 35.5. The average Bonchev–Trinajstić information content (AvgIpc) is 2.09. The molecule has 0 aromatic carbocycles. The summed E-state index contributed by atoms with van der Waals surface area (Å²) in [5.41, 5.74) is 0.353. The van der Waals surface area contributed by atoms with Gasteiger partial charge in [0, 0.05) is 6.20 Å². The van der Waals surface area contributed by atoms with Crippen molar-refractivity contribution in [3.05, 3.63) is 29.0 Å². The summed E-state index contributed by atoms with van der Waals surface area (Å²) in [6, 6.07) is 3.03. The molecule has 0 aliphatic heterocycles. The summed E-state index contributed by atoms with van der Waals surface area (Å²) in [6.07, 6.45) is 1.33. The molecule has 2 nitrogen and oxygen atoms in total. The number of pyridine rings is 1. The Kier molecular flexibility index (Phi) is 5.68. The van der Waals surface area contributed by atoms with Gasteiger partial charge in [0.25, 0.3) is 5.24 Å². The standard InChI is InChI=1S/C6H3Cl2NO.C2H6/c7-5-2-1-4(3-9-5)6(8)10;1-2/h1-3H;1-2H3. The lowest BCUT2D eigenvalue weighted by atomic mass is 10.3. The van der Waals surface area contributed by atoms with E-state index in [1.54, 1.807) is 0 Å². The quantitative estimate of drug-likeness (QED) is 0.521. The van der Waals surface area contributed by atoms with Crippen LogP contribution >= 0.6 is 23.2 Å². The van der Waals surface area contributed by atoms with Crippen LogP contribution in [-0.2, 0) is 0 Å². The van der Waals surface area contributed by atoms with E-state index in [1.165, 1.54) is 18.3 Å². The van der Waals surface area contributed by atoms with Crippen molar-refractivity contribution in [2.75, 3.05) is 0 Å². The maximum Gasteiger partial charge on any atom is 0.253 e. The summed E-state index contributed by atoms with van der Waals surface area (Å²) >= 11 is 10.6. The Balaban J connectivity index is 0.000000561. The minimum absolute atomic E-state index is 0.349. The predicted molar refractivity (Wildman–Crippen MR) is 50.8 cm³/mol. The topological polar surface area (TPSA) is 30.0 Å². The third kappa shape index (κ3) is 3.69. The Bertz CT molecular complexity index is 246. The molecule has 0 aliphatic rings. The Morgan fingerprint density at radius 2 is 2.00 bits per heavy atom. The van der Waals surface area contributed by atoms with E-state index in [-0.39, 0.29) is 0 Å². The monoisotopic (exact) mass is 205 g/mol. The largest absolute Gasteiger partial charge is 0.276 e.